The number of rotatable bonds is 4. The number of aromatic amines is 1. The molecule has 23 heavy (non-hydrogen) atoms. The van der Waals surface area contributed by atoms with Crippen molar-refractivity contribution < 1.29 is 4.52 Å². The highest BCUT2D eigenvalue weighted by atomic mass is 35.5. The summed E-state index contributed by atoms with van der Waals surface area (Å²) in [4.78, 5) is 12.2. The quantitative estimate of drug-likeness (QED) is 0.615. The lowest BCUT2D eigenvalue weighted by atomic mass is 10.2. The molecule has 0 aliphatic heterocycles. The molecular weight excluding hydrogens is 312 g/mol. The van der Waals surface area contributed by atoms with Gasteiger partial charge in [-0.1, -0.05) is 41.0 Å². The first-order chi connectivity index (χ1) is 11.3. The van der Waals surface area contributed by atoms with Crippen LogP contribution < -0.4 is 0 Å². The second kappa shape index (κ2) is 5.85. The zero-order valence-electron chi connectivity index (χ0n) is 12.2. The van der Waals surface area contributed by atoms with Gasteiger partial charge in [0.15, 0.2) is 0 Å². The van der Waals surface area contributed by atoms with Gasteiger partial charge < -0.3 is 9.51 Å². The first kappa shape index (κ1) is 14.0. The third-order valence-electron chi connectivity index (χ3n) is 3.56. The monoisotopic (exact) mass is 324 g/mol. The van der Waals surface area contributed by atoms with Crippen LogP contribution in [0.1, 0.15) is 11.7 Å². The van der Waals surface area contributed by atoms with Crippen LogP contribution in [0.15, 0.2) is 53.1 Å². The van der Waals surface area contributed by atoms with Crippen molar-refractivity contribution in [3.8, 4) is 11.4 Å². The molecule has 0 spiro atoms. The second-order valence-electron chi connectivity index (χ2n) is 5.22. The largest absolute Gasteiger partial charge is 0.342 e. The van der Waals surface area contributed by atoms with E-state index in [1.807, 2.05) is 48.5 Å². The van der Waals surface area contributed by atoms with Crippen LogP contribution in [0.4, 0.5) is 0 Å². The van der Waals surface area contributed by atoms with Crippen molar-refractivity contribution in [2.24, 2.45) is 0 Å². The van der Waals surface area contributed by atoms with Crippen molar-refractivity contribution >= 4 is 22.6 Å². The molecule has 4 aromatic rings. The number of nitrogens with zero attached hydrogens (tertiary/aromatic N) is 3. The van der Waals surface area contributed by atoms with E-state index < -0.39 is 0 Å². The molecule has 0 amide bonds. The van der Waals surface area contributed by atoms with E-state index in [2.05, 4.69) is 20.1 Å². The van der Waals surface area contributed by atoms with E-state index in [0.29, 0.717) is 29.6 Å². The Kier molecular flexibility index (Phi) is 3.55. The van der Waals surface area contributed by atoms with Gasteiger partial charge in [0.2, 0.25) is 11.7 Å². The molecule has 6 heteroatoms. The summed E-state index contributed by atoms with van der Waals surface area (Å²) >= 11 is 5.98. The molecule has 5 nitrogen and oxygen atoms in total. The second-order valence-corrected chi connectivity index (χ2v) is 5.66. The van der Waals surface area contributed by atoms with Crippen molar-refractivity contribution in [2.75, 3.05) is 0 Å². The van der Waals surface area contributed by atoms with Gasteiger partial charge in [-0.3, -0.25) is 0 Å². The van der Waals surface area contributed by atoms with Crippen LogP contribution in [0.3, 0.4) is 0 Å². The Morgan fingerprint density at radius 2 is 1.91 bits per heavy atom. The zero-order valence-corrected chi connectivity index (χ0v) is 12.9. The van der Waals surface area contributed by atoms with E-state index in [4.69, 9.17) is 16.1 Å². The number of hydrogen-bond acceptors (Lipinski definition) is 4. The normalized spacial score (nSPS) is 11.2. The number of aryl methyl sites for hydroxylation is 2. The van der Waals surface area contributed by atoms with Gasteiger partial charge in [0.05, 0.1) is 11.0 Å². The Labute approximate surface area is 137 Å². The Morgan fingerprint density at radius 1 is 1.00 bits per heavy atom. The Balaban J connectivity index is 1.49. The van der Waals surface area contributed by atoms with Gasteiger partial charge in [-0.05, 0) is 24.3 Å². The lowest BCUT2D eigenvalue weighted by Crippen LogP contribution is -1.93. The van der Waals surface area contributed by atoms with Gasteiger partial charge in [0.1, 0.15) is 5.82 Å². The maximum Gasteiger partial charge on any atom is 0.227 e. The third kappa shape index (κ3) is 2.96. The van der Waals surface area contributed by atoms with Gasteiger partial charge >= 0.3 is 0 Å². The van der Waals surface area contributed by atoms with Crippen LogP contribution in [-0.2, 0) is 12.8 Å². The molecule has 0 atom stereocenters. The van der Waals surface area contributed by atoms with Gasteiger partial charge in [-0.25, -0.2) is 4.98 Å². The molecule has 0 fully saturated rings. The smallest absolute Gasteiger partial charge is 0.227 e. The van der Waals surface area contributed by atoms with E-state index in [1.54, 1.807) is 0 Å². The van der Waals surface area contributed by atoms with Crippen molar-refractivity contribution in [1.29, 1.82) is 0 Å². The Hall–Kier alpha value is -2.66. The molecule has 4 rings (SSSR count). The number of nitrogens with one attached hydrogen (secondary N) is 1. The topological polar surface area (TPSA) is 67.6 Å². The van der Waals surface area contributed by atoms with Crippen LogP contribution in [0.2, 0.25) is 5.02 Å². The minimum Gasteiger partial charge on any atom is -0.342 e. The van der Waals surface area contributed by atoms with Crippen LogP contribution in [-0.4, -0.2) is 20.1 Å². The molecular formula is C17H13ClN4O. The van der Waals surface area contributed by atoms with Crippen LogP contribution in [0, 0.1) is 0 Å². The average Bonchev–Trinajstić information content (AvgIpc) is 3.19. The SMILES string of the molecule is Clc1cccc(-c2noc(CCc3nc4ccccc4[nH]3)n2)c1. The van der Waals surface area contributed by atoms with Gasteiger partial charge in [-0.2, -0.15) is 4.98 Å². The molecule has 0 saturated carbocycles. The number of hydrogen-bond donors (Lipinski definition) is 1. The molecule has 0 unspecified atom stereocenters. The van der Waals surface area contributed by atoms with Gasteiger partial charge in [0, 0.05) is 23.4 Å². The van der Waals surface area contributed by atoms with Crippen LogP contribution in [0.25, 0.3) is 22.4 Å². The van der Waals surface area contributed by atoms with E-state index >= 15 is 0 Å². The maximum absolute atomic E-state index is 5.98. The molecule has 0 radical (unpaired) electrons. The fraction of sp³-hybridized carbons (Fsp3) is 0.118. The molecule has 0 saturated heterocycles. The molecule has 2 heterocycles. The molecule has 0 aliphatic rings. The average molecular weight is 325 g/mol. The van der Waals surface area contributed by atoms with E-state index in [0.717, 1.165) is 22.4 Å². The first-order valence-electron chi connectivity index (χ1n) is 7.30. The molecule has 1 N–H and O–H groups in total. The summed E-state index contributed by atoms with van der Waals surface area (Å²) in [5.41, 5.74) is 2.84. The highest BCUT2D eigenvalue weighted by Crippen LogP contribution is 2.20. The number of aromatic nitrogens is 4. The Bertz CT molecular complexity index is 927. The van der Waals surface area contributed by atoms with Crippen molar-refractivity contribution in [2.45, 2.75) is 12.8 Å². The van der Waals surface area contributed by atoms with E-state index in [1.165, 1.54) is 0 Å². The number of halogens is 1. The standard InChI is InChI=1S/C17H13ClN4O/c18-12-5-3-4-11(10-12)17-21-16(23-22-17)9-8-15-19-13-6-1-2-7-14(13)20-15/h1-7,10H,8-9H2,(H,19,20). The molecule has 114 valence electrons. The first-order valence-corrected chi connectivity index (χ1v) is 7.68. The summed E-state index contributed by atoms with van der Waals surface area (Å²) in [6.45, 7) is 0. The fourth-order valence-corrected chi connectivity index (χ4v) is 2.64. The van der Waals surface area contributed by atoms with Crippen LogP contribution in [0.5, 0.6) is 0 Å². The summed E-state index contributed by atoms with van der Waals surface area (Å²) in [6, 6.07) is 15.3. The fourth-order valence-electron chi connectivity index (χ4n) is 2.45. The minimum absolute atomic E-state index is 0.548. The highest BCUT2D eigenvalue weighted by molar-refractivity contribution is 6.30. The van der Waals surface area contributed by atoms with Crippen molar-refractivity contribution in [3.63, 3.8) is 0 Å². The lowest BCUT2D eigenvalue weighted by molar-refractivity contribution is 0.378. The molecule has 0 aliphatic carbocycles. The molecule has 2 aromatic carbocycles. The number of H-pyrrole nitrogens is 1. The van der Waals surface area contributed by atoms with Crippen LogP contribution >= 0.6 is 11.6 Å². The number of benzene rings is 2. The maximum atomic E-state index is 5.98. The predicted molar refractivity (Wildman–Crippen MR) is 88.2 cm³/mol. The van der Waals surface area contributed by atoms with E-state index in [-0.39, 0.29) is 0 Å². The van der Waals surface area contributed by atoms with Crippen molar-refractivity contribution in [3.05, 3.63) is 65.3 Å². The molecule has 0 bridgehead atoms. The van der Waals surface area contributed by atoms with Gasteiger partial charge in [-0.15, -0.1) is 0 Å². The third-order valence-corrected chi connectivity index (χ3v) is 3.80. The molecule has 2 aromatic heterocycles. The Morgan fingerprint density at radius 3 is 2.78 bits per heavy atom. The summed E-state index contributed by atoms with van der Waals surface area (Å²) in [5, 5.41) is 4.66. The lowest BCUT2D eigenvalue weighted by Gasteiger charge is -1.94. The number of fused-ring (bicyclic) bond motifs is 1. The van der Waals surface area contributed by atoms with Gasteiger partial charge in [0.25, 0.3) is 0 Å². The minimum atomic E-state index is 0.548. The zero-order chi connectivity index (χ0) is 15.6. The van der Waals surface area contributed by atoms with E-state index in [9.17, 15) is 0 Å². The number of imidazole rings is 1. The number of para-hydroxylation sites is 2. The summed E-state index contributed by atoms with van der Waals surface area (Å²) in [6.07, 6.45) is 1.35. The van der Waals surface area contributed by atoms with Crippen molar-refractivity contribution in [1.82, 2.24) is 20.1 Å². The highest BCUT2D eigenvalue weighted by Gasteiger charge is 2.10. The summed E-state index contributed by atoms with van der Waals surface area (Å²) in [5.74, 6) is 2.04. The summed E-state index contributed by atoms with van der Waals surface area (Å²) < 4.78 is 5.31. The summed E-state index contributed by atoms with van der Waals surface area (Å²) in [7, 11) is 0. The predicted octanol–water partition coefficient (Wildman–Crippen LogP) is 4.05.